The van der Waals surface area contributed by atoms with E-state index in [0.717, 1.165) is 56.6 Å². The molecule has 0 N–H and O–H groups in total. The lowest BCUT2D eigenvalue weighted by Crippen LogP contribution is -2.46. The van der Waals surface area contributed by atoms with Gasteiger partial charge in [0.1, 0.15) is 5.75 Å². The third kappa shape index (κ3) is 8.18. The maximum Gasteiger partial charge on any atom is 0.307 e. The van der Waals surface area contributed by atoms with Crippen LogP contribution in [0.5, 0.6) is 5.75 Å². The Morgan fingerprint density at radius 2 is 1.68 bits per heavy atom. The third-order valence-electron chi connectivity index (χ3n) is 7.34. The Hall–Kier alpha value is -2.74. The monoisotopic (exact) mass is 601 g/mol. The summed E-state index contributed by atoms with van der Waals surface area (Å²) in [6.45, 7) is 13.2. The zero-order valence-electron chi connectivity index (χ0n) is 24.4. The van der Waals surface area contributed by atoms with Gasteiger partial charge in [0.05, 0.1) is 27.9 Å². The number of benzene rings is 2. The lowest BCUT2D eigenvalue weighted by Gasteiger charge is -2.36. The van der Waals surface area contributed by atoms with Crippen LogP contribution in [0.1, 0.15) is 53.2 Å². The van der Waals surface area contributed by atoms with Gasteiger partial charge in [-0.1, -0.05) is 57.0 Å². The van der Waals surface area contributed by atoms with Gasteiger partial charge >= 0.3 is 5.97 Å². The van der Waals surface area contributed by atoms with E-state index in [1.165, 1.54) is 6.07 Å². The molecule has 1 aliphatic heterocycles. The van der Waals surface area contributed by atoms with E-state index >= 15 is 0 Å². The minimum absolute atomic E-state index is 0.0802. The van der Waals surface area contributed by atoms with Gasteiger partial charge in [-0.25, -0.2) is 0 Å². The summed E-state index contributed by atoms with van der Waals surface area (Å²) >= 11 is 12.6. The molecule has 1 saturated heterocycles. The van der Waals surface area contributed by atoms with Crippen molar-refractivity contribution < 1.29 is 14.3 Å². The van der Waals surface area contributed by atoms with E-state index in [1.54, 1.807) is 10.6 Å². The van der Waals surface area contributed by atoms with Crippen molar-refractivity contribution in [1.82, 2.24) is 9.47 Å². The average Bonchev–Trinajstić information content (AvgIpc) is 2.93. The lowest BCUT2D eigenvalue weighted by atomic mass is 10.1. The van der Waals surface area contributed by atoms with Gasteiger partial charge in [0.15, 0.2) is 6.23 Å². The SMILES string of the molecule is CC(C)CC(=O)OC(C(C)C)n1c(=O)ccc2ccc(OCCCCN3CCN(c4cccc(Cl)c4Cl)CC3)cc21. The number of fused-ring (bicyclic) bond motifs is 1. The number of nitrogens with zero attached hydrogens (tertiary/aromatic N) is 3. The van der Waals surface area contributed by atoms with Gasteiger partial charge in [0.25, 0.3) is 5.56 Å². The van der Waals surface area contributed by atoms with E-state index in [2.05, 4.69) is 9.80 Å². The van der Waals surface area contributed by atoms with Crippen molar-refractivity contribution in [3.05, 3.63) is 68.9 Å². The largest absolute Gasteiger partial charge is 0.494 e. The maximum atomic E-state index is 13.0. The van der Waals surface area contributed by atoms with E-state index in [9.17, 15) is 9.59 Å². The topological polar surface area (TPSA) is 64.0 Å². The molecule has 0 saturated carbocycles. The standard InChI is InChI=1S/C32H41Cl2N3O4/c1-22(2)20-30(39)41-32(23(3)4)37-28-21-25(12-10-24(28)11-13-29(37)38)40-19-6-5-14-35-15-17-36(18-16-35)27-9-7-8-26(33)31(27)34/h7-13,21-23,32H,5-6,14-20H2,1-4H3. The Bertz CT molecular complexity index is 1380. The smallest absolute Gasteiger partial charge is 0.307 e. The number of unbranched alkanes of at least 4 members (excludes halogenated alkanes) is 1. The molecule has 4 rings (SSSR count). The zero-order valence-corrected chi connectivity index (χ0v) is 26.0. The molecule has 2 aromatic carbocycles. The van der Waals surface area contributed by atoms with Gasteiger partial charge in [-0.15, -0.1) is 0 Å². The minimum Gasteiger partial charge on any atom is -0.494 e. The van der Waals surface area contributed by atoms with Gasteiger partial charge in [-0.3, -0.25) is 19.1 Å². The van der Waals surface area contributed by atoms with Gasteiger partial charge < -0.3 is 14.4 Å². The number of carbonyl (C=O) groups excluding carboxylic acids is 1. The number of anilines is 1. The van der Waals surface area contributed by atoms with Gasteiger partial charge in [-0.05, 0) is 61.0 Å². The van der Waals surface area contributed by atoms with E-state index in [-0.39, 0.29) is 23.4 Å². The van der Waals surface area contributed by atoms with Crippen LogP contribution in [0.4, 0.5) is 5.69 Å². The molecule has 2 heterocycles. The molecule has 9 heteroatoms. The number of halogens is 2. The first kappa shape index (κ1) is 31.2. The normalized spacial score (nSPS) is 15.1. The molecule has 7 nitrogen and oxygen atoms in total. The van der Waals surface area contributed by atoms with Crippen LogP contribution in [0.25, 0.3) is 10.9 Å². The maximum absolute atomic E-state index is 13.0. The van der Waals surface area contributed by atoms with Gasteiger partial charge in [0.2, 0.25) is 0 Å². The highest BCUT2D eigenvalue weighted by molar-refractivity contribution is 6.43. The fourth-order valence-electron chi connectivity index (χ4n) is 5.16. The fourth-order valence-corrected chi connectivity index (χ4v) is 5.58. The molecule has 1 atom stereocenters. The first-order chi connectivity index (χ1) is 19.6. The number of ether oxygens (including phenoxy) is 2. The summed E-state index contributed by atoms with van der Waals surface area (Å²) in [5.41, 5.74) is 1.49. The first-order valence-corrected chi connectivity index (χ1v) is 15.3. The molecule has 1 unspecified atom stereocenters. The van der Waals surface area contributed by atoms with Crippen LogP contribution in [0, 0.1) is 11.8 Å². The predicted octanol–water partition coefficient (Wildman–Crippen LogP) is 7.03. The lowest BCUT2D eigenvalue weighted by molar-refractivity contribution is -0.158. The molecular formula is C32H41Cl2N3O4. The molecule has 0 aliphatic carbocycles. The molecule has 3 aromatic rings. The average molecular weight is 603 g/mol. The van der Waals surface area contributed by atoms with Crippen molar-refractivity contribution in [3.63, 3.8) is 0 Å². The number of piperazine rings is 1. The Kier molecular flexibility index (Phi) is 11.0. The number of hydrogen-bond acceptors (Lipinski definition) is 6. The summed E-state index contributed by atoms with van der Waals surface area (Å²) in [6, 6.07) is 14.8. The van der Waals surface area contributed by atoms with Crippen molar-refractivity contribution in [2.24, 2.45) is 11.8 Å². The Morgan fingerprint density at radius 3 is 2.39 bits per heavy atom. The number of hydrogen-bond donors (Lipinski definition) is 0. The minimum atomic E-state index is -0.692. The van der Waals surface area contributed by atoms with Gasteiger partial charge in [0, 0.05) is 50.7 Å². The van der Waals surface area contributed by atoms with E-state index in [4.69, 9.17) is 32.7 Å². The van der Waals surface area contributed by atoms with Crippen molar-refractivity contribution in [1.29, 1.82) is 0 Å². The number of pyridine rings is 1. The van der Waals surface area contributed by atoms with Crippen LogP contribution < -0.4 is 15.2 Å². The molecule has 222 valence electrons. The van der Waals surface area contributed by atoms with Crippen LogP contribution in [-0.4, -0.2) is 54.8 Å². The molecule has 0 spiro atoms. The highest BCUT2D eigenvalue weighted by Gasteiger charge is 2.24. The number of esters is 1. The van der Waals surface area contributed by atoms with E-state index < -0.39 is 6.23 Å². The zero-order chi connectivity index (χ0) is 29.5. The summed E-state index contributed by atoms with van der Waals surface area (Å²) in [6.07, 6.45) is 1.56. The van der Waals surface area contributed by atoms with E-state index in [0.29, 0.717) is 34.3 Å². The summed E-state index contributed by atoms with van der Waals surface area (Å²) in [5, 5.41) is 2.10. The second kappa shape index (κ2) is 14.4. The highest BCUT2D eigenvalue weighted by Crippen LogP contribution is 2.33. The Morgan fingerprint density at radius 1 is 0.951 bits per heavy atom. The molecule has 1 aliphatic rings. The number of aromatic nitrogens is 1. The summed E-state index contributed by atoms with van der Waals surface area (Å²) in [4.78, 5) is 30.3. The number of carbonyl (C=O) groups is 1. The Balaban J connectivity index is 1.31. The van der Waals surface area contributed by atoms with Crippen LogP contribution >= 0.6 is 23.2 Å². The summed E-state index contributed by atoms with van der Waals surface area (Å²) in [7, 11) is 0. The summed E-state index contributed by atoms with van der Waals surface area (Å²) < 4.78 is 13.5. The quantitative estimate of drug-likeness (QED) is 0.164. The highest BCUT2D eigenvalue weighted by atomic mass is 35.5. The van der Waals surface area contributed by atoms with Crippen molar-refractivity contribution in [3.8, 4) is 5.75 Å². The first-order valence-electron chi connectivity index (χ1n) is 14.5. The molecule has 0 radical (unpaired) electrons. The second-order valence-corrected chi connectivity index (χ2v) is 12.2. The van der Waals surface area contributed by atoms with Crippen LogP contribution in [0.3, 0.4) is 0 Å². The van der Waals surface area contributed by atoms with E-state index in [1.807, 2.05) is 64.1 Å². The Labute approximate surface area is 252 Å². The molecule has 0 amide bonds. The number of rotatable bonds is 12. The predicted molar refractivity (Wildman–Crippen MR) is 167 cm³/mol. The van der Waals surface area contributed by atoms with Crippen LogP contribution in [0.2, 0.25) is 10.0 Å². The van der Waals surface area contributed by atoms with Crippen molar-refractivity contribution >= 4 is 45.8 Å². The summed E-state index contributed by atoms with van der Waals surface area (Å²) in [5.74, 6) is 0.491. The fraction of sp³-hybridized carbons (Fsp3) is 0.500. The third-order valence-corrected chi connectivity index (χ3v) is 8.15. The molecule has 0 bridgehead atoms. The molecule has 1 aromatic heterocycles. The van der Waals surface area contributed by atoms with Crippen molar-refractivity contribution in [2.75, 3.05) is 44.2 Å². The van der Waals surface area contributed by atoms with Crippen molar-refractivity contribution in [2.45, 2.75) is 53.2 Å². The molecule has 1 fully saturated rings. The van der Waals surface area contributed by atoms with Crippen LogP contribution in [-0.2, 0) is 9.53 Å². The molecule has 41 heavy (non-hydrogen) atoms. The molecular weight excluding hydrogens is 561 g/mol. The van der Waals surface area contributed by atoms with Crippen LogP contribution in [0.15, 0.2) is 53.3 Å². The van der Waals surface area contributed by atoms with Gasteiger partial charge in [-0.2, -0.15) is 0 Å². The second-order valence-electron chi connectivity index (χ2n) is 11.4.